The van der Waals surface area contributed by atoms with Gasteiger partial charge in [-0.05, 0) is 50.3 Å². The van der Waals surface area contributed by atoms with Crippen LogP contribution in [0.15, 0.2) is 89.5 Å². The van der Waals surface area contributed by atoms with Gasteiger partial charge in [-0.2, -0.15) is 0 Å². The first-order chi connectivity index (χ1) is 11.3. The van der Waals surface area contributed by atoms with Gasteiger partial charge < -0.3 is 0 Å². The van der Waals surface area contributed by atoms with E-state index in [2.05, 4.69) is 87.6 Å². The fourth-order valence-corrected chi connectivity index (χ4v) is 3.27. The van der Waals surface area contributed by atoms with Gasteiger partial charge in [0.05, 0.1) is 5.52 Å². The Hall–Kier alpha value is -2.45. The summed E-state index contributed by atoms with van der Waals surface area (Å²) in [5.41, 5.74) is 5.86. The fraction of sp³-hybridized carbons (Fsp3) is 0. The van der Waals surface area contributed by atoms with Gasteiger partial charge in [-0.3, -0.25) is 0 Å². The number of benzene rings is 3. The molecule has 110 valence electrons. The third-order valence-corrected chi connectivity index (χ3v) is 4.39. The highest BCUT2D eigenvalue weighted by Gasteiger charge is 2.07. The Balaban J connectivity index is 1.83. The topological polar surface area (TPSA) is 12.9 Å². The first kappa shape index (κ1) is 14.2. The summed E-state index contributed by atoms with van der Waals surface area (Å²) >= 11 is 3.52. The molecule has 1 aromatic heterocycles. The third-order valence-electron chi connectivity index (χ3n) is 3.99. The van der Waals surface area contributed by atoms with Crippen molar-refractivity contribution in [3.05, 3.63) is 89.5 Å². The number of aromatic nitrogens is 1. The van der Waals surface area contributed by atoms with Crippen molar-refractivity contribution >= 4 is 26.8 Å². The first-order valence-corrected chi connectivity index (χ1v) is 8.32. The second-order valence-corrected chi connectivity index (χ2v) is 6.27. The predicted octanol–water partition coefficient (Wildman–Crippen LogP) is 6.33. The van der Waals surface area contributed by atoms with Crippen LogP contribution < -0.4 is 0 Å². The monoisotopic (exact) mass is 359 g/mol. The molecule has 0 aliphatic heterocycles. The molecule has 0 radical (unpaired) electrons. The molecule has 0 unspecified atom stereocenters. The summed E-state index contributed by atoms with van der Waals surface area (Å²) in [6.45, 7) is 0. The van der Waals surface area contributed by atoms with E-state index in [1.54, 1.807) is 0 Å². The molecular formula is C21H14BrN. The number of rotatable bonds is 2. The Morgan fingerprint density at radius 2 is 1.22 bits per heavy atom. The lowest BCUT2D eigenvalue weighted by Crippen LogP contribution is -1.86. The highest BCUT2D eigenvalue weighted by molar-refractivity contribution is 9.10. The number of nitrogens with zero attached hydrogens (tertiary/aromatic N) is 1. The molecule has 23 heavy (non-hydrogen) atoms. The van der Waals surface area contributed by atoms with E-state index in [4.69, 9.17) is 0 Å². The number of hydrogen-bond acceptors (Lipinski definition) is 1. The van der Waals surface area contributed by atoms with Gasteiger partial charge in [0.25, 0.3) is 0 Å². The van der Waals surface area contributed by atoms with Gasteiger partial charge in [-0.1, -0.05) is 72.8 Å². The normalized spacial score (nSPS) is 10.8. The molecule has 0 bridgehead atoms. The number of fused-ring (bicyclic) bond motifs is 1. The fourth-order valence-electron chi connectivity index (χ4n) is 2.85. The summed E-state index contributed by atoms with van der Waals surface area (Å²) in [5, 5.41) is 1.17. The van der Waals surface area contributed by atoms with Crippen LogP contribution in [0.25, 0.3) is 33.2 Å². The SMILES string of the molecule is Brc1cc(-c2ccc(-c3ccccc3)cc2)c2ccccc2n1. The van der Waals surface area contributed by atoms with Gasteiger partial charge in [-0.15, -0.1) is 0 Å². The summed E-state index contributed by atoms with van der Waals surface area (Å²) in [6.07, 6.45) is 0. The minimum absolute atomic E-state index is 0.860. The number of para-hydroxylation sites is 1. The standard InChI is InChI=1S/C21H14BrN/c22-21-14-19(18-8-4-5-9-20(18)23-21)17-12-10-16(11-13-17)15-6-2-1-3-7-15/h1-14H. The molecule has 0 atom stereocenters. The Bertz CT molecular complexity index is 960. The molecule has 0 saturated heterocycles. The maximum atomic E-state index is 4.54. The first-order valence-electron chi connectivity index (χ1n) is 7.52. The van der Waals surface area contributed by atoms with Crippen molar-refractivity contribution in [1.29, 1.82) is 0 Å². The number of halogens is 1. The van der Waals surface area contributed by atoms with E-state index in [1.807, 2.05) is 18.2 Å². The zero-order chi connectivity index (χ0) is 15.6. The lowest BCUT2D eigenvalue weighted by atomic mass is 9.98. The molecule has 3 aromatic carbocycles. The zero-order valence-corrected chi connectivity index (χ0v) is 14.0. The smallest absolute Gasteiger partial charge is 0.107 e. The summed E-state index contributed by atoms with van der Waals surface area (Å²) in [6, 6.07) is 29.5. The summed E-state index contributed by atoms with van der Waals surface area (Å²) in [5.74, 6) is 0. The molecule has 0 N–H and O–H groups in total. The van der Waals surface area contributed by atoms with Crippen LogP contribution in [0, 0.1) is 0 Å². The van der Waals surface area contributed by atoms with Gasteiger partial charge in [0.15, 0.2) is 0 Å². The lowest BCUT2D eigenvalue weighted by Gasteiger charge is -2.09. The Morgan fingerprint density at radius 3 is 2.00 bits per heavy atom. The summed E-state index contributed by atoms with van der Waals surface area (Å²) < 4.78 is 0.860. The van der Waals surface area contributed by atoms with Crippen LogP contribution in [0.1, 0.15) is 0 Å². The van der Waals surface area contributed by atoms with Crippen molar-refractivity contribution in [3.8, 4) is 22.3 Å². The molecule has 4 rings (SSSR count). The lowest BCUT2D eigenvalue weighted by molar-refractivity contribution is 1.35. The van der Waals surface area contributed by atoms with E-state index >= 15 is 0 Å². The van der Waals surface area contributed by atoms with Crippen LogP contribution >= 0.6 is 15.9 Å². The molecule has 0 aliphatic rings. The molecule has 1 heterocycles. The Labute approximate surface area is 143 Å². The van der Waals surface area contributed by atoms with Gasteiger partial charge >= 0.3 is 0 Å². The highest BCUT2D eigenvalue weighted by atomic mass is 79.9. The zero-order valence-electron chi connectivity index (χ0n) is 12.4. The van der Waals surface area contributed by atoms with E-state index < -0.39 is 0 Å². The van der Waals surface area contributed by atoms with Crippen LogP contribution in [0.4, 0.5) is 0 Å². The molecule has 0 saturated carbocycles. The van der Waals surface area contributed by atoms with E-state index in [0.717, 1.165) is 10.1 Å². The average molecular weight is 360 g/mol. The highest BCUT2D eigenvalue weighted by Crippen LogP contribution is 2.31. The van der Waals surface area contributed by atoms with E-state index in [9.17, 15) is 0 Å². The van der Waals surface area contributed by atoms with Gasteiger partial charge in [-0.25, -0.2) is 4.98 Å². The summed E-state index contributed by atoms with van der Waals surface area (Å²) in [4.78, 5) is 4.54. The van der Waals surface area contributed by atoms with Crippen molar-refractivity contribution < 1.29 is 0 Å². The van der Waals surface area contributed by atoms with Crippen molar-refractivity contribution in [3.63, 3.8) is 0 Å². The van der Waals surface area contributed by atoms with Crippen molar-refractivity contribution in [1.82, 2.24) is 4.98 Å². The Morgan fingerprint density at radius 1 is 0.609 bits per heavy atom. The van der Waals surface area contributed by atoms with Crippen LogP contribution in [-0.4, -0.2) is 4.98 Å². The van der Waals surface area contributed by atoms with E-state index in [1.165, 1.54) is 27.6 Å². The van der Waals surface area contributed by atoms with Crippen LogP contribution in [0.3, 0.4) is 0 Å². The summed E-state index contributed by atoms with van der Waals surface area (Å²) in [7, 11) is 0. The molecule has 2 heteroatoms. The predicted molar refractivity (Wildman–Crippen MR) is 100 cm³/mol. The van der Waals surface area contributed by atoms with E-state index in [0.29, 0.717) is 0 Å². The van der Waals surface area contributed by atoms with Gasteiger partial charge in [0.1, 0.15) is 4.60 Å². The molecule has 0 amide bonds. The molecule has 0 fully saturated rings. The number of hydrogen-bond donors (Lipinski definition) is 0. The van der Waals surface area contributed by atoms with Gasteiger partial charge in [0.2, 0.25) is 0 Å². The average Bonchev–Trinajstić information content (AvgIpc) is 2.62. The van der Waals surface area contributed by atoms with Gasteiger partial charge in [0, 0.05) is 5.39 Å². The minimum atomic E-state index is 0.860. The molecule has 0 spiro atoms. The van der Waals surface area contributed by atoms with Crippen LogP contribution in [0.5, 0.6) is 0 Å². The van der Waals surface area contributed by atoms with Crippen molar-refractivity contribution in [2.24, 2.45) is 0 Å². The maximum absolute atomic E-state index is 4.54. The second kappa shape index (κ2) is 5.98. The van der Waals surface area contributed by atoms with Crippen LogP contribution in [0.2, 0.25) is 0 Å². The van der Waals surface area contributed by atoms with E-state index in [-0.39, 0.29) is 0 Å². The third kappa shape index (κ3) is 2.78. The molecule has 0 aliphatic carbocycles. The second-order valence-electron chi connectivity index (χ2n) is 5.45. The Kier molecular flexibility index (Phi) is 3.68. The van der Waals surface area contributed by atoms with Crippen molar-refractivity contribution in [2.45, 2.75) is 0 Å². The molecule has 4 aromatic rings. The molecule has 1 nitrogen and oxygen atoms in total. The number of pyridine rings is 1. The largest absolute Gasteiger partial charge is 0.241 e. The van der Waals surface area contributed by atoms with Crippen LogP contribution in [-0.2, 0) is 0 Å². The molecular weight excluding hydrogens is 346 g/mol. The minimum Gasteiger partial charge on any atom is -0.241 e. The maximum Gasteiger partial charge on any atom is 0.107 e. The quantitative estimate of drug-likeness (QED) is 0.381. The van der Waals surface area contributed by atoms with Crippen molar-refractivity contribution in [2.75, 3.05) is 0 Å².